The summed E-state index contributed by atoms with van der Waals surface area (Å²) in [4.78, 5) is 28.4. The summed E-state index contributed by atoms with van der Waals surface area (Å²) in [6.07, 6.45) is 1.02. The second kappa shape index (κ2) is 7.49. The van der Waals surface area contributed by atoms with Crippen molar-refractivity contribution in [2.24, 2.45) is 0 Å². The quantitative estimate of drug-likeness (QED) is 0.783. The van der Waals surface area contributed by atoms with Crippen molar-refractivity contribution in [2.75, 3.05) is 13.7 Å². The van der Waals surface area contributed by atoms with E-state index in [4.69, 9.17) is 4.74 Å². The normalized spacial score (nSPS) is 19.9. The third-order valence-corrected chi connectivity index (χ3v) is 4.52. The maximum Gasteiger partial charge on any atom is 0.321 e. The number of hydrogen-bond acceptors (Lipinski definition) is 3. The van der Waals surface area contributed by atoms with E-state index < -0.39 is 0 Å². The number of urea groups is 1. The summed E-state index contributed by atoms with van der Waals surface area (Å²) in [7, 11) is 1.39. The molecule has 1 aromatic rings. The van der Waals surface area contributed by atoms with Crippen LogP contribution in [-0.2, 0) is 9.53 Å². The molecule has 0 bridgehead atoms. The van der Waals surface area contributed by atoms with Gasteiger partial charge in [-0.15, -0.1) is 0 Å². The van der Waals surface area contributed by atoms with Gasteiger partial charge in [-0.05, 0) is 32.8 Å². The van der Waals surface area contributed by atoms with E-state index in [0.717, 1.165) is 12.0 Å². The Morgan fingerprint density at radius 1 is 1.26 bits per heavy atom. The minimum atomic E-state index is -0.272. The molecule has 2 amide bonds. The largest absolute Gasteiger partial charge is 0.469 e. The van der Waals surface area contributed by atoms with Gasteiger partial charge in [0.25, 0.3) is 0 Å². The van der Waals surface area contributed by atoms with E-state index in [1.807, 2.05) is 60.9 Å². The Hall–Kier alpha value is -2.04. The molecule has 126 valence electrons. The van der Waals surface area contributed by atoms with Crippen molar-refractivity contribution in [1.29, 1.82) is 0 Å². The zero-order valence-electron chi connectivity index (χ0n) is 14.4. The first-order valence-corrected chi connectivity index (χ1v) is 8.16. The summed E-state index contributed by atoms with van der Waals surface area (Å²) in [5.41, 5.74) is 1.07. The molecule has 1 aliphatic rings. The molecule has 2 unspecified atom stereocenters. The lowest BCUT2D eigenvalue weighted by Crippen LogP contribution is -2.57. The molecule has 1 saturated heterocycles. The van der Waals surface area contributed by atoms with E-state index in [1.54, 1.807) is 0 Å². The second-order valence-electron chi connectivity index (χ2n) is 6.29. The van der Waals surface area contributed by atoms with Crippen molar-refractivity contribution in [3.8, 4) is 0 Å². The zero-order chi connectivity index (χ0) is 17.0. The Kier molecular flexibility index (Phi) is 5.64. The van der Waals surface area contributed by atoms with Crippen LogP contribution in [0.1, 0.15) is 45.2 Å². The van der Waals surface area contributed by atoms with Crippen molar-refractivity contribution < 1.29 is 14.3 Å². The molecule has 1 fully saturated rings. The van der Waals surface area contributed by atoms with Gasteiger partial charge in [0.2, 0.25) is 0 Å². The minimum absolute atomic E-state index is 0.00324. The lowest BCUT2D eigenvalue weighted by molar-refractivity contribution is -0.142. The number of hydrogen-bond donors (Lipinski definition) is 0. The van der Waals surface area contributed by atoms with Crippen LogP contribution in [0.15, 0.2) is 30.3 Å². The number of carbonyl (C=O) groups excluding carboxylic acids is 2. The van der Waals surface area contributed by atoms with Crippen LogP contribution in [0.5, 0.6) is 0 Å². The van der Waals surface area contributed by atoms with Gasteiger partial charge in [-0.25, -0.2) is 4.79 Å². The zero-order valence-corrected chi connectivity index (χ0v) is 14.4. The molecule has 1 aromatic carbocycles. The molecular formula is C18H26N2O3. The molecule has 23 heavy (non-hydrogen) atoms. The Morgan fingerprint density at radius 2 is 1.91 bits per heavy atom. The number of amides is 2. The molecule has 0 aromatic heterocycles. The van der Waals surface area contributed by atoms with Crippen molar-refractivity contribution in [3.05, 3.63) is 35.9 Å². The second-order valence-corrected chi connectivity index (χ2v) is 6.29. The third-order valence-electron chi connectivity index (χ3n) is 4.52. The number of ether oxygens (including phenoxy) is 1. The first kappa shape index (κ1) is 17.3. The standard InChI is InChI=1S/C18H26N2O3/c1-13(2)19-11-10-16(12-17(21)23-4)20(18(19)22)14(3)15-8-6-5-7-9-15/h5-9,13-14,16H,10-12H2,1-4H3. The Bertz CT molecular complexity index is 544. The molecule has 5 heteroatoms. The van der Waals surface area contributed by atoms with Gasteiger partial charge in [-0.2, -0.15) is 0 Å². The van der Waals surface area contributed by atoms with Crippen molar-refractivity contribution in [1.82, 2.24) is 9.80 Å². The van der Waals surface area contributed by atoms with E-state index in [9.17, 15) is 9.59 Å². The fourth-order valence-electron chi connectivity index (χ4n) is 3.16. The third kappa shape index (κ3) is 3.84. The first-order chi connectivity index (χ1) is 11.0. The molecule has 1 aliphatic heterocycles. The molecule has 0 radical (unpaired) electrons. The van der Waals surface area contributed by atoms with Gasteiger partial charge < -0.3 is 14.5 Å². The van der Waals surface area contributed by atoms with Gasteiger partial charge in [-0.1, -0.05) is 30.3 Å². The topological polar surface area (TPSA) is 49.9 Å². The fraction of sp³-hybridized carbons (Fsp3) is 0.556. The van der Waals surface area contributed by atoms with Crippen LogP contribution < -0.4 is 0 Å². The van der Waals surface area contributed by atoms with Crippen LogP contribution in [0.2, 0.25) is 0 Å². The molecule has 0 saturated carbocycles. The molecule has 0 spiro atoms. The van der Waals surface area contributed by atoms with Crippen LogP contribution >= 0.6 is 0 Å². The predicted octanol–water partition coefficient (Wildman–Crippen LogP) is 3.22. The molecule has 2 rings (SSSR count). The first-order valence-electron chi connectivity index (χ1n) is 8.16. The summed E-state index contributed by atoms with van der Waals surface area (Å²) in [6.45, 7) is 6.73. The number of nitrogens with zero attached hydrogens (tertiary/aromatic N) is 2. The molecule has 0 N–H and O–H groups in total. The van der Waals surface area contributed by atoms with E-state index in [2.05, 4.69) is 0 Å². The molecule has 5 nitrogen and oxygen atoms in total. The number of rotatable bonds is 5. The Morgan fingerprint density at radius 3 is 2.48 bits per heavy atom. The highest BCUT2D eigenvalue weighted by Crippen LogP contribution is 2.30. The van der Waals surface area contributed by atoms with Crippen LogP contribution in [0.25, 0.3) is 0 Å². The smallest absolute Gasteiger partial charge is 0.321 e. The lowest BCUT2D eigenvalue weighted by atomic mass is 9.99. The van der Waals surface area contributed by atoms with Crippen LogP contribution in [0.4, 0.5) is 4.79 Å². The highest BCUT2D eigenvalue weighted by Gasteiger charge is 2.38. The Balaban J connectivity index is 2.28. The highest BCUT2D eigenvalue weighted by atomic mass is 16.5. The van der Waals surface area contributed by atoms with Gasteiger partial charge >= 0.3 is 12.0 Å². The molecule has 2 atom stereocenters. The monoisotopic (exact) mass is 318 g/mol. The average molecular weight is 318 g/mol. The van der Waals surface area contributed by atoms with Gasteiger partial charge in [0, 0.05) is 18.6 Å². The fourth-order valence-corrected chi connectivity index (χ4v) is 3.16. The molecule has 1 heterocycles. The van der Waals surface area contributed by atoms with E-state index >= 15 is 0 Å². The van der Waals surface area contributed by atoms with Gasteiger partial charge in [0.15, 0.2) is 0 Å². The van der Waals surface area contributed by atoms with Gasteiger partial charge in [-0.3, -0.25) is 4.79 Å². The van der Waals surface area contributed by atoms with Crippen LogP contribution in [0, 0.1) is 0 Å². The number of esters is 1. The Labute approximate surface area is 138 Å². The number of methoxy groups -OCH3 is 1. The molecular weight excluding hydrogens is 292 g/mol. The minimum Gasteiger partial charge on any atom is -0.469 e. The van der Waals surface area contributed by atoms with Gasteiger partial charge in [0.1, 0.15) is 0 Å². The van der Waals surface area contributed by atoms with Crippen molar-refractivity contribution >= 4 is 12.0 Å². The molecule has 0 aliphatic carbocycles. The van der Waals surface area contributed by atoms with E-state index in [1.165, 1.54) is 7.11 Å². The highest BCUT2D eigenvalue weighted by molar-refractivity contribution is 5.78. The number of carbonyl (C=O) groups is 2. The van der Waals surface area contributed by atoms with Crippen LogP contribution in [0.3, 0.4) is 0 Å². The van der Waals surface area contributed by atoms with Crippen molar-refractivity contribution in [2.45, 2.75) is 51.7 Å². The van der Waals surface area contributed by atoms with Gasteiger partial charge in [0.05, 0.1) is 19.6 Å². The summed E-state index contributed by atoms with van der Waals surface area (Å²) < 4.78 is 4.81. The van der Waals surface area contributed by atoms with E-state index in [-0.39, 0.29) is 36.5 Å². The summed E-state index contributed by atoms with van der Waals surface area (Å²) in [6, 6.07) is 9.86. The maximum atomic E-state index is 13.0. The average Bonchev–Trinajstić information content (AvgIpc) is 2.55. The summed E-state index contributed by atoms with van der Waals surface area (Å²) >= 11 is 0. The SMILES string of the molecule is COC(=O)CC1CCN(C(C)C)C(=O)N1C(C)c1ccccc1. The maximum absolute atomic E-state index is 13.0. The van der Waals surface area contributed by atoms with E-state index in [0.29, 0.717) is 6.54 Å². The van der Waals surface area contributed by atoms with Crippen LogP contribution in [-0.4, -0.2) is 47.5 Å². The number of benzene rings is 1. The summed E-state index contributed by atoms with van der Waals surface area (Å²) in [5, 5.41) is 0. The predicted molar refractivity (Wildman–Crippen MR) is 89.0 cm³/mol. The van der Waals surface area contributed by atoms with Crippen molar-refractivity contribution in [3.63, 3.8) is 0 Å². The lowest BCUT2D eigenvalue weighted by Gasteiger charge is -2.45. The summed E-state index contributed by atoms with van der Waals surface area (Å²) in [5.74, 6) is -0.272.